The van der Waals surface area contributed by atoms with Crippen molar-refractivity contribution in [2.24, 2.45) is 0 Å². The molecule has 0 bridgehead atoms. The molecule has 3 rings (SSSR count). The Morgan fingerprint density at radius 3 is 2.56 bits per heavy atom. The van der Waals surface area contributed by atoms with Crippen molar-refractivity contribution in [2.75, 3.05) is 0 Å². The average molecular weight is 238 g/mol. The molecule has 0 fully saturated rings. The molecule has 1 aromatic heterocycles. The van der Waals surface area contributed by atoms with Crippen molar-refractivity contribution >= 4 is 10.8 Å². The lowest BCUT2D eigenvalue weighted by Gasteiger charge is -2.09. The lowest BCUT2D eigenvalue weighted by molar-refractivity contribution is 0.273. The maximum Gasteiger partial charge on any atom is 0.146 e. The molecule has 0 atom stereocenters. The molecule has 0 aliphatic heterocycles. The third kappa shape index (κ3) is 1.97. The fraction of sp³-hybridized carbons (Fsp3) is 0.125. The topological polar surface area (TPSA) is 22.4 Å². The largest absolute Gasteiger partial charge is 0.485 e. The molecule has 2 heteroatoms. The quantitative estimate of drug-likeness (QED) is 0.678. The first kappa shape index (κ1) is 10.9. The van der Waals surface area contributed by atoms with E-state index in [1.165, 1.54) is 10.9 Å². The van der Waals surface area contributed by atoms with E-state index in [0.717, 1.165) is 16.9 Å². The molecule has 0 amide bonds. The van der Waals surface area contributed by atoms with Crippen LogP contribution in [0.4, 0.5) is 0 Å². The first-order valence-electron chi connectivity index (χ1n) is 5.98. The van der Waals surface area contributed by atoms with Crippen LogP contribution in [0.25, 0.3) is 10.8 Å². The van der Waals surface area contributed by atoms with E-state index in [4.69, 9.17) is 9.15 Å². The lowest BCUT2D eigenvalue weighted by Crippen LogP contribution is -1.94. The summed E-state index contributed by atoms with van der Waals surface area (Å²) in [5.41, 5.74) is 1.26. The van der Waals surface area contributed by atoms with Crippen LogP contribution in [0.3, 0.4) is 0 Å². The number of rotatable bonds is 3. The number of benzene rings is 2. The Morgan fingerprint density at radius 1 is 0.944 bits per heavy atom. The van der Waals surface area contributed by atoms with Gasteiger partial charge in [0.25, 0.3) is 0 Å². The van der Waals surface area contributed by atoms with Crippen molar-refractivity contribution in [1.82, 2.24) is 0 Å². The molecule has 0 N–H and O–H groups in total. The molecule has 0 radical (unpaired) electrons. The average Bonchev–Trinajstić information content (AvgIpc) is 2.92. The summed E-state index contributed by atoms with van der Waals surface area (Å²) in [6.45, 7) is 2.57. The maximum atomic E-state index is 5.82. The predicted molar refractivity (Wildman–Crippen MR) is 71.7 cm³/mol. The first-order valence-corrected chi connectivity index (χ1v) is 5.98. The Hall–Kier alpha value is -2.22. The van der Waals surface area contributed by atoms with E-state index in [1.54, 1.807) is 6.26 Å². The molecule has 2 nitrogen and oxygen atoms in total. The molecule has 1 heterocycles. The van der Waals surface area contributed by atoms with Crippen LogP contribution in [-0.2, 0) is 6.61 Å². The summed E-state index contributed by atoms with van der Waals surface area (Å²) in [5.74, 6) is 1.73. The van der Waals surface area contributed by atoms with Gasteiger partial charge in [-0.3, -0.25) is 0 Å². The van der Waals surface area contributed by atoms with Crippen LogP contribution in [-0.4, -0.2) is 0 Å². The van der Waals surface area contributed by atoms with Gasteiger partial charge in [0.2, 0.25) is 0 Å². The SMILES string of the molecule is Cc1ccc(OCc2ccco2)c2ccccc12. The van der Waals surface area contributed by atoms with Gasteiger partial charge >= 0.3 is 0 Å². The van der Waals surface area contributed by atoms with Gasteiger partial charge in [-0.2, -0.15) is 0 Å². The summed E-state index contributed by atoms with van der Waals surface area (Å²) < 4.78 is 11.1. The molecule has 3 aromatic rings. The van der Waals surface area contributed by atoms with Crippen LogP contribution in [0.1, 0.15) is 11.3 Å². The molecule has 0 saturated carbocycles. The van der Waals surface area contributed by atoms with Crippen LogP contribution in [0.5, 0.6) is 5.75 Å². The lowest BCUT2D eigenvalue weighted by atomic mass is 10.1. The number of fused-ring (bicyclic) bond motifs is 1. The van der Waals surface area contributed by atoms with E-state index in [1.807, 2.05) is 30.3 Å². The molecular weight excluding hydrogens is 224 g/mol. The zero-order chi connectivity index (χ0) is 12.4. The Balaban J connectivity index is 1.94. The van der Waals surface area contributed by atoms with Crippen molar-refractivity contribution in [3.8, 4) is 5.75 Å². The Morgan fingerprint density at radius 2 is 1.78 bits per heavy atom. The highest BCUT2D eigenvalue weighted by Gasteiger charge is 2.05. The second-order valence-corrected chi connectivity index (χ2v) is 4.29. The fourth-order valence-corrected chi connectivity index (χ4v) is 2.09. The Kier molecular flexibility index (Phi) is 2.77. The van der Waals surface area contributed by atoms with E-state index >= 15 is 0 Å². The second kappa shape index (κ2) is 4.57. The van der Waals surface area contributed by atoms with E-state index in [9.17, 15) is 0 Å². The number of furan rings is 1. The Bertz CT molecular complexity index is 654. The van der Waals surface area contributed by atoms with E-state index < -0.39 is 0 Å². The number of hydrogen-bond acceptors (Lipinski definition) is 2. The fourth-order valence-electron chi connectivity index (χ4n) is 2.09. The van der Waals surface area contributed by atoms with Crippen molar-refractivity contribution in [3.63, 3.8) is 0 Å². The Labute approximate surface area is 106 Å². The van der Waals surface area contributed by atoms with Crippen molar-refractivity contribution in [1.29, 1.82) is 0 Å². The second-order valence-electron chi connectivity index (χ2n) is 4.29. The molecule has 0 saturated heterocycles. The zero-order valence-electron chi connectivity index (χ0n) is 10.2. The minimum Gasteiger partial charge on any atom is -0.485 e. The number of aryl methyl sites for hydroxylation is 1. The van der Waals surface area contributed by atoms with Gasteiger partial charge in [0.1, 0.15) is 18.1 Å². The summed E-state index contributed by atoms with van der Waals surface area (Å²) >= 11 is 0. The van der Waals surface area contributed by atoms with Crippen LogP contribution in [0, 0.1) is 6.92 Å². The van der Waals surface area contributed by atoms with Gasteiger partial charge in [-0.1, -0.05) is 30.3 Å². The van der Waals surface area contributed by atoms with Crippen LogP contribution in [0.15, 0.2) is 59.2 Å². The summed E-state index contributed by atoms with van der Waals surface area (Å²) in [5, 5.41) is 2.37. The number of hydrogen-bond donors (Lipinski definition) is 0. The highest BCUT2D eigenvalue weighted by molar-refractivity contribution is 5.90. The minimum atomic E-state index is 0.458. The summed E-state index contributed by atoms with van der Waals surface area (Å²) in [6, 6.07) is 16.2. The molecule has 0 spiro atoms. The van der Waals surface area contributed by atoms with Crippen LogP contribution < -0.4 is 4.74 Å². The third-order valence-corrected chi connectivity index (χ3v) is 3.05. The smallest absolute Gasteiger partial charge is 0.146 e. The van der Waals surface area contributed by atoms with Crippen LogP contribution in [0.2, 0.25) is 0 Å². The third-order valence-electron chi connectivity index (χ3n) is 3.05. The van der Waals surface area contributed by atoms with Gasteiger partial charge in [0.05, 0.1) is 6.26 Å². The van der Waals surface area contributed by atoms with E-state index in [2.05, 4.69) is 25.1 Å². The van der Waals surface area contributed by atoms with Crippen LogP contribution >= 0.6 is 0 Å². The summed E-state index contributed by atoms with van der Waals surface area (Å²) in [7, 11) is 0. The molecule has 0 unspecified atom stereocenters. The van der Waals surface area contributed by atoms with Crippen molar-refractivity contribution < 1.29 is 9.15 Å². The van der Waals surface area contributed by atoms with Gasteiger partial charge in [-0.15, -0.1) is 0 Å². The van der Waals surface area contributed by atoms with Gasteiger partial charge in [0, 0.05) is 5.39 Å². The van der Waals surface area contributed by atoms with Crippen molar-refractivity contribution in [3.05, 3.63) is 66.1 Å². The first-order chi connectivity index (χ1) is 8.84. The standard InChI is InChI=1S/C16H14O2/c1-12-8-9-16(15-7-3-2-6-14(12)15)18-11-13-5-4-10-17-13/h2-10H,11H2,1H3. The highest BCUT2D eigenvalue weighted by atomic mass is 16.5. The van der Waals surface area contributed by atoms with Gasteiger partial charge in [-0.25, -0.2) is 0 Å². The molecule has 90 valence electrons. The van der Waals surface area contributed by atoms with E-state index in [0.29, 0.717) is 6.61 Å². The minimum absolute atomic E-state index is 0.458. The van der Waals surface area contributed by atoms with E-state index in [-0.39, 0.29) is 0 Å². The molecule has 2 aromatic carbocycles. The molecule has 18 heavy (non-hydrogen) atoms. The van der Waals surface area contributed by atoms with Crippen molar-refractivity contribution in [2.45, 2.75) is 13.5 Å². The molecule has 0 aliphatic carbocycles. The zero-order valence-corrected chi connectivity index (χ0v) is 10.2. The highest BCUT2D eigenvalue weighted by Crippen LogP contribution is 2.28. The summed E-state index contributed by atoms with van der Waals surface area (Å²) in [6.07, 6.45) is 1.66. The molecular formula is C16H14O2. The maximum absolute atomic E-state index is 5.82. The number of ether oxygens (including phenoxy) is 1. The normalized spacial score (nSPS) is 10.7. The predicted octanol–water partition coefficient (Wildman–Crippen LogP) is 4.32. The van der Waals surface area contributed by atoms with Gasteiger partial charge in [-0.05, 0) is 36.1 Å². The monoisotopic (exact) mass is 238 g/mol. The van der Waals surface area contributed by atoms with Gasteiger partial charge < -0.3 is 9.15 Å². The van der Waals surface area contributed by atoms with Gasteiger partial charge in [0.15, 0.2) is 0 Å². The summed E-state index contributed by atoms with van der Waals surface area (Å²) in [4.78, 5) is 0. The molecule has 0 aliphatic rings.